The number of anilines is 1. The van der Waals surface area contributed by atoms with Gasteiger partial charge in [0.05, 0.1) is 6.20 Å². The van der Waals surface area contributed by atoms with Gasteiger partial charge in [0.25, 0.3) is 5.91 Å². The Morgan fingerprint density at radius 3 is 2.56 bits per heavy atom. The minimum atomic E-state index is -0.760. The topological polar surface area (TPSA) is 72.5 Å². The molecule has 0 bridgehead atoms. The zero-order valence-corrected chi connectivity index (χ0v) is 17.0. The largest absolute Gasteiger partial charge is 0.455 e. The van der Waals surface area contributed by atoms with Crippen LogP contribution in [-0.2, 0) is 9.53 Å². The molecule has 27 heavy (non-hydrogen) atoms. The number of halogens is 2. The Bertz CT molecular complexity index is 738. The molecule has 0 unspecified atom stereocenters. The van der Waals surface area contributed by atoms with E-state index in [1.807, 2.05) is 37.3 Å². The Morgan fingerprint density at radius 1 is 1.22 bits per heavy atom. The van der Waals surface area contributed by atoms with Crippen LogP contribution in [0.25, 0.3) is 0 Å². The number of hydrogen-bond acceptors (Lipinski definition) is 5. The van der Waals surface area contributed by atoms with Gasteiger partial charge >= 0.3 is 0 Å². The van der Waals surface area contributed by atoms with Gasteiger partial charge in [0.1, 0.15) is 17.1 Å². The van der Waals surface area contributed by atoms with Crippen LogP contribution >= 0.6 is 24.8 Å². The maximum atomic E-state index is 12.7. The molecule has 0 saturated carbocycles. The quantitative estimate of drug-likeness (QED) is 0.780. The molecule has 1 fully saturated rings. The summed E-state index contributed by atoms with van der Waals surface area (Å²) in [4.78, 5) is 16.7. The lowest BCUT2D eigenvalue weighted by molar-refractivity contribution is -0.140. The first-order valence-corrected chi connectivity index (χ1v) is 8.39. The van der Waals surface area contributed by atoms with Gasteiger partial charge in [-0.05, 0) is 68.8 Å². The van der Waals surface area contributed by atoms with Crippen molar-refractivity contribution in [3.05, 3.63) is 48.3 Å². The van der Waals surface area contributed by atoms with Gasteiger partial charge in [-0.15, -0.1) is 24.8 Å². The van der Waals surface area contributed by atoms with Gasteiger partial charge in [0.2, 0.25) is 0 Å². The van der Waals surface area contributed by atoms with Crippen molar-refractivity contribution in [3.8, 4) is 11.5 Å². The van der Waals surface area contributed by atoms with Gasteiger partial charge in [0, 0.05) is 19.0 Å². The van der Waals surface area contributed by atoms with Crippen LogP contribution in [0.1, 0.15) is 18.4 Å². The molecule has 1 saturated heterocycles. The van der Waals surface area contributed by atoms with Gasteiger partial charge in [0.15, 0.2) is 0 Å². The van der Waals surface area contributed by atoms with E-state index >= 15 is 0 Å². The molecule has 1 aliphatic rings. The number of piperidine rings is 1. The normalized spacial score (nSPS) is 15.0. The van der Waals surface area contributed by atoms with E-state index in [2.05, 4.69) is 15.6 Å². The number of benzene rings is 1. The number of rotatable bonds is 5. The predicted octanol–water partition coefficient (Wildman–Crippen LogP) is 3.73. The molecule has 1 aromatic carbocycles. The van der Waals surface area contributed by atoms with Crippen molar-refractivity contribution in [1.82, 2.24) is 10.3 Å². The summed E-state index contributed by atoms with van der Waals surface area (Å²) in [6, 6.07) is 9.25. The Labute approximate surface area is 171 Å². The summed E-state index contributed by atoms with van der Waals surface area (Å²) in [6.07, 6.45) is 4.69. The zero-order chi connectivity index (χ0) is 17.7. The van der Waals surface area contributed by atoms with E-state index in [9.17, 15) is 4.79 Å². The van der Waals surface area contributed by atoms with E-state index in [0.29, 0.717) is 18.6 Å². The summed E-state index contributed by atoms with van der Waals surface area (Å²) in [6.45, 7) is 3.49. The molecule has 8 heteroatoms. The van der Waals surface area contributed by atoms with Crippen LogP contribution in [0.5, 0.6) is 11.5 Å². The molecule has 2 heterocycles. The van der Waals surface area contributed by atoms with Crippen molar-refractivity contribution in [2.24, 2.45) is 0 Å². The average molecular weight is 414 g/mol. The fourth-order valence-electron chi connectivity index (χ4n) is 2.98. The molecule has 2 aromatic rings. The van der Waals surface area contributed by atoms with Crippen molar-refractivity contribution in [2.75, 3.05) is 25.5 Å². The Hall–Kier alpha value is -1.86. The van der Waals surface area contributed by atoms with Gasteiger partial charge in [-0.2, -0.15) is 0 Å². The van der Waals surface area contributed by atoms with Crippen molar-refractivity contribution >= 4 is 36.4 Å². The third kappa shape index (κ3) is 5.56. The summed E-state index contributed by atoms with van der Waals surface area (Å²) >= 11 is 0. The molecule has 3 rings (SSSR count). The number of pyridine rings is 1. The highest BCUT2D eigenvalue weighted by Crippen LogP contribution is 2.29. The number of nitrogens with one attached hydrogen (secondary N) is 2. The van der Waals surface area contributed by atoms with Gasteiger partial charge < -0.3 is 20.1 Å². The van der Waals surface area contributed by atoms with Crippen molar-refractivity contribution in [2.45, 2.75) is 25.4 Å². The Kier molecular flexibility index (Phi) is 8.99. The Balaban J connectivity index is 0.00000182. The number of nitrogens with zero attached hydrogens (tertiary/aromatic N) is 1. The second-order valence-electron chi connectivity index (χ2n) is 6.17. The highest BCUT2D eigenvalue weighted by atomic mass is 35.5. The van der Waals surface area contributed by atoms with Gasteiger partial charge in [-0.1, -0.05) is 0 Å². The first kappa shape index (κ1) is 23.2. The average Bonchev–Trinajstić information content (AvgIpc) is 2.65. The van der Waals surface area contributed by atoms with E-state index in [1.165, 1.54) is 0 Å². The second-order valence-corrected chi connectivity index (χ2v) is 6.17. The van der Waals surface area contributed by atoms with E-state index in [0.717, 1.165) is 30.1 Å². The van der Waals surface area contributed by atoms with Crippen LogP contribution < -0.4 is 15.4 Å². The standard InChI is InChI=1S/C19H23N3O3.2ClH/c1-14-12-15(5-6-17(14)25-16-4-3-9-21-13-16)22-18(23)19(24-2)7-10-20-11-8-19;;/h3-6,9,12-13,20H,7-8,10-11H2,1-2H3,(H,22,23);2*1H. The number of amides is 1. The third-order valence-corrected chi connectivity index (χ3v) is 4.51. The molecular weight excluding hydrogens is 389 g/mol. The first-order valence-electron chi connectivity index (χ1n) is 8.39. The van der Waals surface area contributed by atoms with Crippen molar-refractivity contribution in [1.29, 1.82) is 0 Å². The van der Waals surface area contributed by atoms with Crippen molar-refractivity contribution in [3.63, 3.8) is 0 Å². The molecule has 0 spiro atoms. The number of carbonyl (C=O) groups excluding carboxylic acids is 1. The smallest absolute Gasteiger partial charge is 0.256 e. The first-order chi connectivity index (χ1) is 12.1. The third-order valence-electron chi connectivity index (χ3n) is 4.51. The fraction of sp³-hybridized carbons (Fsp3) is 0.368. The summed E-state index contributed by atoms with van der Waals surface area (Å²) in [5.74, 6) is 1.31. The molecular formula is C19H25Cl2N3O3. The van der Waals surface area contributed by atoms with E-state index in [4.69, 9.17) is 9.47 Å². The number of aromatic nitrogens is 1. The fourth-order valence-corrected chi connectivity index (χ4v) is 2.98. The summed E-state index contributed by atoms with van der Waals surface area (Å²) in [7, 11) is 1.60. The van der Waals surface area contributed by atoms with E-state index in [1.54, 1.807) is 19.5 Å². The van der Waals surface area contributed by atoms with Crippen LogP contribution in [0.4, 0.5) is 5.69 Å². The highest BCUT2D eigenvalue weighted by molar-refractivity contribution is 5.97. The molecule has 1 aromatic heterocycles. The lowest BCUT2D eigenvalue weighted by Crippen LogP contribution is -2.51. The van der Waals surface area contributed by atoms with E-state index < -0.39 is 5.60 Å². The second kappa shape index (κ2) is 10.5. The van der Waals surface area contributed by atoms with Crippen LogP contribution in [0.15, 0.2) is 42.7 Å². The number of ether oxygens (including phenoxy) is 2. The number of methoxy groups -OCH3 is 1. The monoisotopic (exact) mass is 413 g/mol. The van der Waals surface area contributed by atoms with Crippen LogP contribution in [-0.4, -0.2) is 36.7 Å². The van der Waals surface area contributed by atoms with Crippen LogP contribution in [0, 0.1) is 6.92 Å². The minimum absolute atomic E-state index is 0. The number of carbonyl (C=O) groups is 1. The SMILES string of the molecule is COC1(C(=O)Nc2ccc(Oc3cccnc3)c(C)c2)CCNCC1.Cl.Cl. The zero-order valence-electron chi connectivity index (χ0n) is 15.4. The minimum Gasteiger partial charge on any atom is -0.455 e. The molecule has 0 aliphatic carbocycles. The highest BCUT2D eigenvalue weighted by Gasteiger charge is 2.39. The van der Waals surface area contributed by atoms with Crippen LogP contribution in [0.2, 0.25) is 0 Å². The van der Waals surface area contributed by atoms with Gasteiger partial charge in [-0.3, -0.25) is 9.78 Å². The van der Waals surface area contributed by atoms with Crippen LogP contribution in [0.3, 0.4) is 0 Å². The molecule has 148 valence electrons. The van der Waals surface area contributed by atoms with Gasteiger partial charge in [-0.25, -0.2) is 0 Å². The molecule has 1 aliphatic heterocycles. The number of hydrogen-bond donors (Lipinski definition) is 2. The maximum Gasteiger partial charge on any atom is 0.256 e. The summed E-state index contributed by atoms with van der Waals surface area (Å²) in [5, 5.41) is 6.23. The van der Waals surface area contributed by atoms with Crippen molar-refractivity contribution < 1.29 is 14.3 Å². The maximum absolute atomic E-state index is 12.7. The molecule has 2 N–H and O–H groups in total. The van der Waals surface area contributed by atoms with E-state index in [-0.39, 0.29) is 30.7 Å². The lowest BCUT2D eigenvalue weighted by atomic mass is 9.91. The summed E-state index contributed by atoms with van der Waals surface area (Å²) < 4.78 is 11.4. The number of aryl methyl sites for hydroxylation is 1. The molecule has 1 amide bonds. The lowest BCUT2D eigenvalue weighted by Gasteiger charge is -2.34. The predicted molar refractivity (Wildman–Crippen MR) is 110 cm³/mol. The Morgan fingerprint density at radius 2 is 1.96 bits per heavy atom. The summed E-state index contributed by atoms with van der Waals surface area (Å²) in [5.41, 5.74) is 0.902. The molecule has 0 atom stereocenters. The molecule has 0 radical (unpaired) electrons. The molecule has 6 nitrogen and oxygen atoms in total.